The van der Waals surface area contributed by atoms with Crippen molar-refractivity contribution in [2.45, 2.75) is 100 Å². The van der Waals surface area contributed by atoms with E-state index in [1.54, 1.807) is 45.1 Å². The number of piperazine rings is 1. The summed E-state index contributed by atoms with van der Waals surface area (Å²) in [7, 11) is 0. The second-order valence-corrected chi connectivity index (χ2v) is 19.6. The summed E-state index contributed by atoms with van der Waals surface area (Å²) < 4.78 is 25.3. The molecule has 1 fully saturated rings. The zero-order chi connectivity index (χ0) is 49.0. The van der Waals surface area contributed by atoms with Crippen molar-refractivity contribution >= 4 is 56.0 Å². The lowest BCUT2D eigenvalue weighted by Crippen LogP contribution is -2.47. The SMILES string of the molecule is C=C(C)O[C@H]1[C@H](C)[C@H](O)[C@H](C)[C@@H](O)C(C)/C=C/C=C(/C)C(=O)Nc2c(=O)c3c(O)c(C)c4c(c3c3nc5c(=O)cc(N6CCN(CC(C)C)CC6)cc5oc23)=C(O)[C@@](C)(O/C=C/[C@H](C)[C@H]1C)O4. The number of carbonyl (C=O) groups is 1. The number of hydrogen-bond acceptors (Lipinski definition) is 14. The van der Waals surface area contributed by atoms with Gasteiger partial charge in [-0.2, -0.15) is 0 Å². The van der Waals surface area contributed by atoms with Crippen molar-refractivity contribution < 1.29 is 43.8 Å². The molecule has 1 aromatic heterocycles. The van der Waals surface area contributed by atoms with E-state index < -0.39 is 70.1 Å². The van der Waals surface area contributed by atoms with Gasteiger partial charge in [0.2, 0.25) is 10.9 Å². The lowest BCUT2D eigenvalue weighted by molar-refractivity contribution is -0.112. The molecule has 1 unspecified atom stereocenters. The van der Waals surface area contributed by atoms with Crippen LogP contribution in [-0.2, 0) is 14.3 Å². The Morgan fingerprint density at radius 2 is 1.63 bits per heavy atom. The second kappa shape index (κ2) is 19.0. The van der Waals surface area contributed by atoms with E-state index in [-0.39, 0.29) is 72.6 Å². The number of aliphatic hydroxyl groups is 3. The first kappa shape index (κ1) is 49.0. The third kappa shape index (κ3) is 9.25. The topological polar surface area (TPSA) is 204 Å². The molecule has 5 bridgehead atoms. The minimum Gasteiger partial charge on any atom is -0.507 e. The van der Waals surface area contributed by atoms with Crippen LogP contribution in [0.4, 0.5) is 11.4 Å². The average Bonchev–Trinajstić information content (AvgIpc) is 3.54. The van der Waals surface area contributed by atoms with Gasteiger partial charge in [-0.15, -0.1) is 0 Å². The predicted molar refractivity (Wildman–Crippen MR) is 261 cm³/mol. The summed E-state index contributed by atoms with van der Waals surface area (Å²) in [5.41, 5.74) is -1.04. The number of allylic oxidation sites excluding steroid dienone is 4. The molecule has 5 heterocycles. The number of benzene rings is 3. The molecule has 1 amide bonds. The van der Waals surface area contributed by atoms with Crippen molar-refractivity contribution in [3.8, 4) is 11.5 Å². The monoisotopic (exact) mass is 922 g/mol. The van der Waals surface area contributed by atoms with Gasteiger partial charge in [-0.3, -0.25) is 19.3 Å². The van der Waals surface area contributed by atoms with Gasteiger partial charge in [0.1, 0.15) is 28.8 Å². The second-order valence-electron chi connectivity index (χ2n) is 19.6. The zero-order valence-electron chi connectivity index (χ0n) is 40.5. The Bertz CT molecular complexity index is 2880. The van der Waals surface area contributed by atoms with Gasteiger partial charge in [0.25, 0.3) is 5.91 Å². The lowest BCUT2D eigenvalue weighted by Gasteiger charge is -2.38. The van der Waals surface area contributed by atoms with E-state index >= 15 is 0 Å². The van der Waals surface area contributed by atoms with Crippen molar-refractivity contribution in [1.82, 2.24) is 9.88 Å². The van der Waals surface area contributed by atoms with E-state index in [2.05, 4.69) is 35.5 Å². The van der Waals surface area contributed by atoms with Crippen LogP contribution in [0, 0.1) is 42.4 Å². The Morgan fingerprint density at radius 1 is 0.940 bits per heavy atom. The highest BCUT2D eigenvalue weighted by Gasteiger charge is 2.44. The number of amides is 1. The maximum absolute atomic E-state index is 14.9. The Hall–Kier alpha value is -5.90. The number of aromatic nitrogens is 1. The van der Waals surface area contributed by atoms with Gasteiger partial charge in [-0.25, -0.2) is 4.98 Å². The predicted octanol–water partition coefficient (Wildman–Crippen LogP) is 6.95. The molecule has 4 aromatic rings. The van der Waals surface area contributed by atoms with Gasteiger partial charge in [0.05, 0.1) is 34.8 Å². The minimum absolute atomic E-state index is 0.00728. The molecule has 1 saturated heterocycles. The van der Waals surface area contributed by atoms with E-state index in [4.69, 9.17) is 23.6 Å². The summed E-state index contributed by atoms with van der Waals surface area (Å²) in [6.45, 7) is 27.9. The van der Waals surface area contributed by atoms with Gasteiger partial charge in [-0.05, 0) is 44.6 Å². The Kier molecular flexibility index (Phi) is 13.9. The molecule has 0 aliphatic carbocycles. The molecule has 3 aromatic carbocycles. The molecule has 4 aliphatic rings. The van der Waals surface area contributed by atoms with Crippen LogP contribution < -0.4 is 31.0 Å². The van der Waals surface area contributed by atoms with E-state index in [0.717, 1.165) is 19.6 Å². The molecule has 4 aliphatic heterocycles. The lowest BCUT2D eigenvalue weighted by atomic mass is 9.77. The number of ether oxygens (including phenoxy) is 3. The van der Waals surface area contributed by atoms with Crippen LogP contribution in [0.25, 0.3) is 38.7 Å². The number of nitrogens with one attached hydrogen (secondary N) is 1. The molecule has 8 rings (SSSR count). The Labute approximate surface area is 390 Å². The number of nitrogens with zero attached hydrogens (tertiary/aromatic N) is 3. The van der Waals surface area contributed by atoms with Crippen LogP contribution in [0.2, 0.25) is 0 Å². The number of anilines is 2. The fourth-order valence-corrected chi connectivity index (χ4v) is 9.67. The Balaban J connectivity index is 1.45. The van der Waals surface area contributed by atoms with Crippen LogP contribution in [0.15, 0.2) is 74.6 Å². The molecule has 67 heavy (non-hydrogen) atoms. The van der Waals surface area contributed by atoms with Gasteiger partial charge >= 0.3 is 5.79 Å². The first-order valence-corrected chi connectivity index (χ1v) is 23.3. The maximum Gasteiger partial charge on any atom is 0.307 e. The molecular formula is C52H66N4O11. The van der Waals surface area contributed by atoms with Gasteiger partial charge < -0.3 is 49.3 Å². The van der Waals surface area contributed by atoms with E-state index in [1.165, 1.54) is 32.3 Å². The van der Waals surface area contributed by atoms with Crippen molar-refractivity contribution in [2.75, 3.05) is 42.9 Å². The molecule has 5 N–H and O–H groups in total. The number of phenols is 1. The smallest absolute Gasteiger partial charge is 0.307 e. The maximum atomic E-state index is 14.9. The number of rotatable bonds is 5. The highest BCUT2D eigenvalue weighted by Crippen LogP contribution is 2.42. The number of hydrogen-bond donors (Lipinski definition) is 5. The fourth-order valence-electron chi connectivity index (χ4n) is 9.67. The molecule has 15 nitrogen and oxygen atoms in total. The summed E-state index contributed by atoms with van der Waals surface area (Å²) in [5, 5.41) is 49.6. The van der Waals surface area contributed by atoms with E-state index in [1.807, 2.05) is 27.7 Å². The zero-order valence-corrected chi connectivity index (χ0v) is 40.5. The molecule has 0 saturated carbocycles. The third-order valence-corrected chi connectivity index (χ3v) is 14.0. The summed E-state index contributed by atoms with van der Waals surface area (Å²) in [6.07, 6.45) is 5.54. The third-order valence-electron chi connectivity index (χ3n) is 14.0. The highest BCUT2D eigenvalue weighted by atomic mass is 16.7. The van der Waals surface area contributed by atoms with Gasteiger partial charge in [0, 0.05) is 91.7 Å². The minimum atomic E-state index is -1.89. The van der Waals surface area contributed by atoms with Crippen LogP contribution >= 0.6 is 0 Å². The number of fused-ring (bicyclic) bond motifs is 14. The normalized spacial score (nSPS) is 29.8. The summed E-state index contributed by atoms with van der Waals surface area (Å²) >= 11 is 0. The van der Waals surface area contributed by atoms with Crippen molar-refractivity contribution in [3.63, 3.8) is 0 Å². The number of aliphatic hydroxyl groups excluding tert-OH is 3. The quantitative estimate of drug-likeness (QED) is 0.0782. The first-order valence-electron chi connectivity index (χ1n) is 23.3. The van der Waals surface area contributed by atoms with Crippen LogP contribution in [0.1, 0.15) is 74.8 Å². The molecule has 360 valence electrons. The first-order chi connectivity index (χ1) is 31.5. The summed E-state index contributed by atoms with van der Waals surface area (Å²) in [6, 6.07) is 3.20. The fraction of sp³-hybridized carbons (Fsp3) is 0.500. The number of phenolic OH excluding ortho intramolecular Hbond substituents is 1. The summed E-state index contributed by atoms with van der Waals surface area (Å²) in [4.78, 5) is 52.3. The molecular weight excluding hydrogens is 857 g/mol. The Morgan fingerprint density at radius 3 is 2.28 bits per heavy atom. The molecule has 15 heteroatoms. The molecule has 9 atom stereocenters. The highest BCUT2D eigenvalue weighted by molar-refractivity contribution is 6.16. The van der Waals surface area contributed by atoms with E-state index in [0.29, 0.717) is 30.5 Å². The molecule has 0 spiro atoms. The van der Waals surface area contributed by atoms with Crippen LogP contribution in [0.3, 0.4) is 0 Å². The van der Waals surface area contributed by atoms with Crippen LogP contribution in [-0.4, -0.2) is 93.0 Å². The van der Waals surface area contributed by atoms with Crippen molar-refractivity contribution in [1.29, 1.82) is 0 Å². The summed E-state index contributed by atoms with van der Waals surface area (Å²) in [5.74, 6) is -4.51. The number of aromatic hydroxyl groups is 1. The van der Waals surface area contributed by atoms with E-state index in [9.17, 15) is 34.8 Å². The van der Waals surface area contributed by atoms with Crippen molar-refractivity contribution in [2.24, 2.45) is 35.5 Å². The van der Waals surface area contributed by atoms with Gasteiger partial charge in [0.15, 0.2) is 22.4 Å². The van der Waals surface area contributed by atoms with Crippen molar-refractivity contribution in [3.05, 3.63) is 91.8 Å². The number of carbonyl (C=O) groups excluding carboxylic acids is 1. The van der Waals surface area contributed by atoms with Crippen LogP contribution in [0.5, 0.6) is 11.5 Å². The van der Waals surface area contributed by atoms with Gasteiger partial charge in [-0.1, -0.05) is 73.3 Å². The average molecular weight is 923 g/mol. The largest absolute Gasteiger partial charge is 0.507 e. The molecule has 0 radical (unpaired) electrons. The standard InChI is InChI=1S/C52H66N4O11/c1-25(2)24-55-17-19-56(20-18-55)34-22-35(57)40-36(23-34)66-49-41(53-40)37-38-45(60)33(11)48-39(37)50(62)52(12,67-48)64-21-16-27(5)30(8)47(65-26(3)4)32(10)44(59)31(9)43(58)28(6)14-13-15-29(7)51(63)54-42(49)46(38)61/h13-16,21-23,25,27-28,30-32,43-44,47,58-60,62H,3,17-20,24H2,1-2,4-12H3,(H,54,63)/b14-13+,21-16+,29-15-/t27-,28?,30+,31+,32+,43-,44+,47+,52-/m0/s1.